The molecule has 0 saturated carbocycles. The van der Waals surface area contributed by atoms with Crippen molar-refractivity contribution in [2.24, 2.45) is 0 Å². The van der Waals surface area contributed by atoms with Gasteiger partial charge in [-0.05, 0) is 49.7 Å². The Morgan fingerprint density at radius 2 is 1.85 bits per heavy atom. The Hall–Kier alpha value is -4.40. The summed E-state index contributed by atoms with van der Waals surface area (Å²) in [4.78, 5) is 45.0. The van der Waals surface area contributed by atoms with Gasteiger partial charge in [-0.2, -0.15) is 0 Å². The summed E-state index contributed by atoms with van der Waals surface area (Å²) in [5.74, 6) is 0.792. The summed E-state index contributed by atoms with van der Waals surface area (Å²) in [6.45, 7) is 4.15. The third-order valence-electron chi connectivity index (χ3n) is 5.34. The highest BCUT2D eigenvalue weighted by atomic mass is 16.5. The zero-order valence-corrected chi connectivity index (χ0v) is 19.0. The molecule has 9 heteroatoms. The molecule has 0 aliphatic rings. The Balaban J connectivity index is 1.74. The van der Waals surface area contributed by atoms with E-state index in [1.54, 1.807) is 44.4 Å². The van der Waals surface area contributed by atoms with Crippen LogP contribution in [0.15, 0.2) is 64.2 Å². The Bertz CT molecular complexity index is 1470. The molecule has 0 atom stereocenters. The maximum atomic E-state index is 13.1. The number of anilines is 1. The number of aromatic nitrogens is 3. The molecule has 0 unspecified atom stereocenters. The van der Waals surface area contributed by atoms with Crippen LogP contribution in [0.2, 0.25) is 0 Å². The summed E-state index contributed by atoms with van der Waals surface area (Å²) in [5.41, 5.74) is 0.947. The van der Waals surface area contributed by atoms with E-state index in [1.165, 1.54) is 10.6 Å². The van der Waals surface area contributed by atoms with Crippen molar-refractivity contribution in [2.45, 2.75) is 20.4 Å². The molecule has 0 fully saturated rings. The van der Waals surface area contributed by atoms with Crippen molar-refractivity contribution in [1.82, 2.24) is 14.5 Å². The summed E-state index contributed by atoms with van der Waals surface area (Å²) < 4.78 is 12.1. The first-order valence-corrected chi connectivity index (χ1v) is 10.7. The fraction of sp³-hybridized carbons (Fsp3) is 0.200. The van der Waals surface area contributed by atoms with Crippen molar-refractivity contribution in [3.63, 3.8) is 0 Å². The minimum Gasteiger partial charge on any atom is -0.497 e. The van der Waals surface area contributed by atoms with Gasteiger partial charge in [-0.25, -0.2) is 9.78 Å². The molecule has 0 bridgehead atoms. The van der Waals surface area contributed by atoms with E-state index in [2.05, 4.69) is 15.3 Å². The second-order valence-electron chi connectivity index (χ2n) is 7.57. The molecule has 0 spiro atoms. The average molecular weight is 460 g/mol. The monoisotopic (exact) mass is 460 g/mol. The second kappa shape index (κ2) is 9.62. The number of hydrogen-bond donors (Lipinski definition) is 2. The Morgan fingerprint density at radius 3 is 2.56 bits per heavy atom. The summed E-state index contributed by atoms with van der Waals surface area (Å²) in [5, 5.41) is 2.96. The lowest BCUT2D eigenvalue weighted by molar-refractivity contribution is 0.102. The summed E-state index contributed by atoms with van der Waals surface area (Å²) in [6.07, 6.45) is 0. The second-order valence-corrected chi connectivity index (χ2v) is 7.57. The Kier molecular flexibility index (Phi) is 6.44. The average Bonchev–Trinajstić information content (AvgIpc) is 2.83. The number of aromatic amines is 1. The van der Waals surface area contributed by atoms with Crippen molar-refractivity contribution >= 4 is 22.6 Å². The number of carbonyl (C=O) groups excluding carboxylic acids is 1. The van der Waals surface area contributed by atoms with Gasteiger partial charge in [-0.3, -0.25) is 19.1 Å². The third-order valence-corrected chi connectivity index (χ3v) is 5.34. The highest BCUT2D eigenvalue weighted by Gasteiger charge is 2.18. The van der Waals surface area contributed by atoms with Crippen molar-refractivity contribution in [2.75, 3.05) is 19.0 Å². The van der Waals surface area contributed by atoms with E-state index in [-0.39, 0.29) is 23.1 Å². The first kappa shape index (κ1) is 22.8. The van der Waals surface area contributed by atoms with E-state index < -0.39 is 17.2 Å². The summed E-state index contributed by atoms with van der Waals surface area (Å²) in [7, 11) is 1.57. The SMILES string of the molecule is CCOc1ccccc1NC(=O)c1cc2c(=O)[nH]c(=O)n(Cc3ccc(OC)cc3)c2nc1C. The summed E-state index contributed by atoms with van der Waals surface area (Å²) in [6, 6.07) is 15.8. The lowest BCUT2D eigenvalue weighted by Crippen LogP contribution is -2.32. The van der Waals surface area contributed by atoms with Crippen LogP contribution in [-0.2, 0) is 6.54 Å². The highest BCUT2D eigenvalue weighted by Crippen LogP contribution is 2.25. The molecule has 2 aromatic heterocycles. The zero-order valence-electron chi connectivity index (χ0n) is 19.0. The highest BCUT2D eigenvalue weighted by molar-refractivity contribution is 6.07. The number of fused-ring (bicyclic) bond motifs is 1. The largest absolute Gasteiger partial charge is 0.497 e. The van der Waals surface area contributed by atoms with E-state index in [0.29, 0.717) is 29.5 Å². The standard InChI is InChI=1S/C25H24N4O5/c1-4-34-21-8-6-5-7-20(21)27-23(30)18-13-19-22(26-15(18)2)29(25(32)28-24(19)31)14-16-9-11-17(33-3)12-10-16/h5-13H,4,14H2,1-3H3,(H,27,30)(H,28,31,32). The van der Waals surface area contributed by atoms with E-state index >= 15 is 0 Å². The van der Waals surface area contributed by atoms with Gasteiger partial charge >= 0.3 is 5.69 Å². The molecule has 0 saturated heterocycles. The first-order valence-electron chi connectivity index (χ1n) is 10.7. The number of benzene rings is 2. The van der Waals surface area contributed by atoms with Gasteiger partial charge in [0.2, 0.25) is 0 Å². The van der Waals surface area contributed by atoms with E-state index in [1.807, 2.05) is 25.1 Å². The smallest absolute Gasteiger partial charge is 0.330 e. The van der Waals surface area contributed by atoms with E-state index in [0.717, 1.165) is 5.56 Å². The van der Waals surface area contributed by atoms with Crippen LogP contribution in [-0.4, -0.2) is 34.2 Å². The number of nitrogens with zero attached hydrogens (tertiary/aromatic N) is 2. The molecular weight excluding hydrogens is 436 g/mol. The van der Waals surface area contributed by atoms with Crippen LogP contribution in [0, 0.1) is 6.92 Å². The fourth-order valence-corrected chi connectivity index (χ4v) is 3.62. The molecule has 9 nitrogen and oxygen atoms in total. The predicted molar refractivity (Wildman–Crippen MR) is 129 cm³/mol. The third kappa shape index (κ3) is 4.54. The quantitative estimate of drug-likeness (QED) is 0.438. The Labute approximate surface area is 195 Å². The maximum absolute atomic E-state index is 13.1. The molecule has 2 N–H and O–H groups in total. The number of ether oxygens (including phenoxy) is 2. The number of methoxy groups -OCH3 is 1. The fourth-order valence-electron chi connectivity index (χ4n) is 3.62. The van der Waals surface area contributed by atoms with Gasteiger partial charge in [0.25, 0.3) is 11.5 Å². The number of pyridine rings is 1. The van der Waals surface area contributed by atoms with Crippen LogP contribution in [0.4, 0.5) is 5.69 Å². The molecule has 0 aliphatic carbocycles. The van der Waals surface area contributed by atoms with Gasteiger partial charge < -0.3 is 14.8 Å². The van der Waals surface area contributed by atoms with Crippen molar-refractivity contribution in [3.05, 3.63) is 92.3 Å². The number of amides is 1. The van der Waals surface area contributed by atoms with Crippen LogP contribution < -0.4 is 26.0 Å². The van der Waals surface area contributed by atoms with Gasteiger partial charge in [0.15, 0.2) is 0 Å². The molecule has 0 aliphatic heterocycles. The van der Waals surface area contributed by atoms with Crippen LogP contribution >= 0.6 is 0 Å². The molecule has 174 valence electrons. The minimum atomic E-state index is -0.609. The van der Waals surface area contributed by atoms with Gasteiger partial charge in [-0.1, -0.05) is 24.3 Å². The lowest BCUT2D eigenvalue weighted by Gasteiger charge is -2.14. The minimum absolute atomic E-state index is 0.141. The number of aryl methyl sites for hydroxylation is 1. The van der Waals surface area contributed by atoms with E-state index in [9.17, 15) is 14.4 Å². The van der Waals surface area contributed by atoms with Gasteiger partial charge in [0.05, 0.1) is 42.6 Å². The van der Waals surface area contributed by atoms with Gasteiger partial charge in [0, 0.05) is 0 Å². The topological polar surface area (TPSA) is 115 Å². The predicted octanol–water partition coefficient (Wildman–Crippen LogP) is 3.10. The molecule has 0 radical (unpaired) electrons. The molecule has 34 heavy (non-hydrogen) atoms. The number of rotatable bonds is 7. The van der Waals surface area contributed by atoms with Crippen LogP contribution in [0.3, 0.4) is 0 Å². The number of hydrogen-bond acceptors (Lipinski definition) is 6. The van der Waals surface area contributed by atoms with Crippen molar-refractivity contribution in [1.29, 1.82) is 0 Å². The normalized spacial score (nSPS) is 10.8. The number of carbonyl (C=O) groups is 1. The molecule has 1 amide bonds. The number of para-hydroxylation sites is 2. The van der Waals surface area contributed by atoms with Crippen LogP contribution in [0.5, 0.6) is 11.5 Å². The maximum Gasteiger partial charge on any atom is 0.330 e. The molecule has 4 aromatic rings. The summed E-state index contributed by atoms with van der Waals surface area (Å²) >= 11 is 0. The molecule has 2 aromatic carbocycles. The number of nitrogens with one attached hydrogen (secondary N) is 2. The molecule has 4 rings (SSSR count). The van der Waals surface area contributed by atoms with Crippen LogP contribution in [0.1, 0.15) is 28.5 Å². The molecule has 2 heterocycles. The zero-order chi connectivity index (χ0) is 24.2. The van der Waals surface area contributed by atoms with Crippen molar-refractivity contribution in [3.8, 4) is 11.5 Å². The van der Waals surface area contributed by atoms with Gasteiger partial charge in [0.1, 0.15) is 17.1 Å². The van der Waals surface area contributed by atoms with Crippen molar-refractivity contribution < 1.29 is 14.3 Å². The Morgan fingerprint density at radius 1 is 1.12 bits per heavy atom. The molecular formula is C25H24N4O5. The van der Waals surface area contributed by atoms with E-state index in [4.69, 9.17) is 9.47 Å². The van der Waals surface area contributed by atoms with Crippen LogP contribution in [0.25, 0.3) is 11.0 Å². The van der Waals surface area contributed by atoms with Gasteiger partial charge in [-0.15, -0.1) is 0 Å². The first-order chi connectivity index (χ1) is 16.4. The number of H-pyrrole nitrogens is 1. The lowest BCUT2D eigenvalue weighted by atomic mass is 10.1.